The Kier molecular flexibility index (Phi) is 6.81. The first-order valence-corrected chi connectivity index (χ1v) is 14.9. The van der Waals surface area contributed by atoms with Gasteiger partial charge in [-0.05, 0) is 69.0 Å². The standard InChI is InChI=1S/C31H36ClN9/c1-19-3-12-25(32)28-27(19)37-31(38-28)36-21-6-4-20(5-7-21)24-17-41(30-26(24)29(33)34-18-35-30)23-10-8-22(9-11-23)40-15-13-39(2)14-16-40/h3-7,12,17-18,22-23H,8-11,13-16H2,1-2H3,(H2,33,34,35)(H2,36,37,38). The Morgan fingerprint density at radius 2 is 1.68 bits per heavy atom. The number of H-pyrrole nitrogens is 1. The van der Waals surface area contributed by atoms with Crippen LogP contribution in [0.5, 0.6) is 0 Å². The van der Waals surface area contributed by atoms with Crippen molar-refractivity contribution in [2.75, 3.05) is 44.3 Å². The minimum absolute atomic E-state index is 0.411. The number of benzene rings is 2. The van der Waals surface area contributed by atoms with E-state index in [2.05, 4.69) is 67.2 Å². The van der Waals surface area contributed by atoms with E-state index < -0.39 is 0 Å². The van der Waals surface area contributed by atoms with E-state index >= 15 is 0 Å². The number of rotatable bonds is 5. The third-order valence-electron chi connectivity index (χ3n) is 9.01. The van der Waals surface area contributed by atoms with Gasteiger partial charge in [-0.25, -0.2) is 15.0 Å². The molecule has 0 spiro atoms. The zero-order valence-electron chi connectivity index (χ0n) is 23.6. The topological polar surface area (TPSA) is 104 Å². The summed E-state index contributed by atoms with van der Waals surface area (Å²) < 4.78 is 2.36. The molecule has 1 saturated carbocycles. The van der Waals surface area contributed by atoms with Crippen molar-refractivity contribution in [3.05, 3.63) is 59.5 Å². The summed E-state index contributed by atoms with van der Waals surface area (Å²) in [5, 5.41) is 4.96. The number of aromatic nitrogens is 5. The van der Waals surface area contributed by atoms with E-state index in [4.69, 9.17) is 27.3 Å². The lowest BCUT2D eigenvalue weighted by atomic mass is 9.89. The molecule has 2 fully saturated rings. The van der Waals surface area contributed by atoms with Gasteiger partial charge in [-0.1, -0.05) is 29.8 Å². The Morgan fingerprint density at radius 3 is 2.41 bits per heavy atom. The number of likely N-dealkylation sites (N-methyl/N-ethyl adjacent to an activating group) is 1. The number of nitrogen functional groups attached to an aromatic ring is 1. The second-order valence-electron chi connectivity index (χ2n) is 11.6. The fourth-order valence-electron chi connectivity index (χ4n) is 6.62. The Labute approximate surface area is 244 Å². The van der Waals surface area contributed by atoms with E-state index in [9.17, 15) is 0 Å². The lowest BCUT2D eigenvalue weighted by molar-refractivity contribution is 0.0828. The van der Waals surface area contributed by atoms with Crippen LogP contribution in [-0.2, 0) is 0 Å². The molecule has 9 nitrogen and oxygen atoms in total. The molecule has 1 aliphatic heterocycles. The van der Waals surface area contributed by atoms with E-state index in [0.717, 1.165) is 57.3 Å². The molecule has 1 aliphatic carbocycles. The summed E-state index contributed by atoms with van der Waals surface area (Å²) in [6.07, 6.45) is 8.56. The number of hydrogen-bond donors (Lipinski definition) is 3. The summed E-state index contributed by atoms with van der Waals surface area (Å²) >= 11 is 6.37. The highest BCUT2D eigenvalue weighted by molar-refractivity contribution is 6.35. The number of nitrogens with two attached hydrogens (primary N) is 1. The van der Waals surface area contributed by atoms with Crippen molar-refractivity contribution >= 4 is 51.1 Å². The van der Waals surface area contributed by atoms with Crippen molar-refractivity contribution in [2.24, 2.45) is 0 Å². The van der Waals surface area contributed by atoms with Gasteiger partial charge in [0.2, 0.25) is 5.95 Å². The number of aromatic amines is 1. The largest absolute Gasteiger partial charge is 0.383 e. The summed E-state index contributed by atoms with van der Waals surface area (Å²) in [5.41, 5.74) is 13.2. The minimum atomic E-state index is 0.411. The molecule has 0 radical (unpaired) electrons. The highest BCUT2D eigenvalue weighted by Crippen LogP contribution is 2.39. The van der Waals surface area contributed by atoms with Crippen LogP contribution in [0.2, 0.25) is 5.02 Å². The minimum Gasteiger partial charge on any atom is -0.383 e. The summed E-state index contributed by atoms with van der Waals surface area (Å²) in [7, 11) is 2.22. The van der Waals surface area contributed by atoms with Crippen LogP contribution in [0, 0.1) is 6.92 Å². The van der Waals surface area contributed by atoms with Crippen molar-refractivity contribution in [1.82, 2.24) is 34.3 Å². The van der Waals surface area contributed by atoms with E-state index in [1.807, 2.05) is 19.1 Å². The van der Waals surface area contributed by atoms with Gasteiger partial charge in [0.25, 0.3) is 0 Å². The molecule has 2 aromatic carbocycles. The van der Waals surface area contributed by atoms with Crippen LogP contribution in [0.4, 0.5) is 17.5 Å². The molecule has 7 rings (SSSR count). The van der Waals surface area contributed by atoms with Crippen molar-refractivity contribution in [3.8, 4) is 11.1 Å². The number of anilines is 3. The molecule has 4 heterocycles. The first-order chi connectivity index (χ1) is 19.9. The molecule has 0 unspecified atom stereocenters. The molecule has 5 aromatic rings. The first kappa shape index (κ1) is 26.3. The molecule has 212 valence electrons. The monoisotopic (exact) mass is 569 g/mol. The predicted molar refractivity (Wildman–Crippen MR) is 167 cm³/mol. The number of nitrogens with one attached hydrogen (secondary N) is 2. The van der Waals surface area contributed by atoms with Crippen LogP contribution < -0.4 is 11.1 Å². The van der Waals surface area contributed by atoms with Gasteiger partial charge in [0, 0.05) is 55.7 Å². The second-order valence-corrected chi connectivity index (χ2v) is 12.0. The van der Waals surface area contributed by atoms with E-state index in [-0.39, 0.29) is 0 Å². The maximum absolute atomic E-state index is 6.45. The quantitative estimate of drug-likeness (QED) is 0.239. The third-order valence-corrected chi connectivity index (χ3v) is 9.32. The molecule has 1 saturated heterocycles. The van der Waals surface area contributed by atoms with Crippen molar-refractivity contribution in [3.63, 3.8) is 0 Å². The number of piperazine rings is 1. The molecule has 0 amide bonds. The SMILES string of the molecule is Cc1ccc(Cl)c2[nH]c(Nc3ccc(-c4cn(C5CCC(N6CCN(C)CC6)CC5)c5ncnc(N)c45)cc3)nc12. The van der Waals surface area contributed by atoms with Crippen molar-refractivity contribution < 1.29 is 0 Å². The second kappa shape index (κ2) is 10.6. The highest BCUT2D eigenvalue weighted by Gasteiger charge is 2.30. The molecule has 4 N–H and O–H groups in total. The van der Waals surface area contributed by atoms with Crippen molar-refractivity contribution in [1.29, 1.82) is 0 Å². The van der Waals surface area contributed by atoms with Crippen LogP contribution in [0.15, 0.2) is 48.9 Å². The van der Waals surface area contributed by atoms with Gasteiger partial charge in [0.1, 0.15) is 17.8 Å². The molecule has 0 atom stereocenters. The maximum Gasteiger partial charge on any atom is 0.205 e. The number of aryl methyl sites for hydroxylation is 1. The fraction of sp³-hybridized carbons (Fsp3) is 0.387. The number of hydrogen-bond acceptors (Lipinski definition) is 7. The average Bonchev–Trinajstić information content (AvgIpc) is 3.60. The van der Waals surface area contributed by atoms with Crippen LogP contribution in [-0.4, -0.2) is 73.6 Å². The summed E-state index contributed by atoms with van der Waals surface area (Å²) in [4.78, 5) is 22.2. The van der Waals surface area contributed by atoms with Crippen LogP contribution >= 0.6 is 11.6 Å². The van der Waals surface area contributed by atoms with Gasteiger partial charge in [-0.3, -0.25) is 4.90 Å². The predicted octanol–water partition coefficient (Wildman–Crippen LogP) is 5.99. The Balaban J connectivity index is 1.13. The van der Waals surface area contributed by atoms with Gasteiger partial charge in [-0.2, -0.15) is 0 Å². The van der Waals surface area contributed by atoms with Crippen LogP contribution in [0.1, 0.15) is 37.3 Å². The lowest BCUT2D eigenvalue weighted by Crippen LogP contribution is -2.49. The number of fused-ring (bicyclic) bond motifs is 2. The van der Waals surface area contributed by atoms with Gasteiger partial charge >= 0.3 is 0 Å². The van der Waals surface area contributed by atoms with Gasteiger partial charge in [0.15, 0.2) is 0 Å². The summed E-state index contributed by atoms with van der Waals surface area (Å²) in [6, 6.07) is 13.3. The maximum atomic E-state index is 6.45. The van der Waals surface area contributed by atoms with E-state index in [1.54, 1.807) is 6.33 Å². The number of imidazole rings is 1. The van der Waals surface area contributed by atoms with Crippen LogP contribution in [0.3, 0.4) is 0 Å². The third kappa shape index (κ3) is 4.92. The summed E-state index contributed by atoms with van der Waals surface area (Å²) in [5.74, 6) is 1.18. The molecule has 41 heavy (non-hydrogen) atoms. The normalized spacial score (nSPS) is 20.7. The van der Waals surface area contributed by atoms with E-state index in [1.165, 1.54) is 39.0 Å². The molecule has 0 bridgehead atoms. The zero-order chi connectivity index (χ0) is 28.1. The Bertz CT molecular complexity index is 1650. The Hall–Kier alpha value is -3.66. The molecule has 3 aromatic heterocycles. The smallest absolute Gasteiger partial charge is 0.205 e. The van der Waals surface area contributed by atoms with Crippen molar-refractivity contribution in [2.45, 2.75) is 44.7 Å². The molecule has 10 heteroatoms. The van der Waals surface area contributed by atoms with Gasteiger partial charge in [0.05, 0.1) is 21.4 Å². The van der Waals surface area contributed by atoms with Gasteiger partial charge < -0.3 is 25.5 Å². The average molecular weight is 570 g/mol. The number of halogens is 1. The molecule has 2 aliphatic rings. The molecular weight excluding hydrogens is 534 g/mol. The fourth-order valence-corrected chi connectivity index (χ4v) is 6.81. The Morgan fingerprint density at radius 1 is 0.951 bits per heavy atom. The lowest BCUT2D eigenvalue weighted by Gasteiger charge is -2.41. The first-order valence-electron chi connectivity index (χ1n) is 14.5. The highest BCUT2D eigenvalue weighted by atomic mass is 35.5. The van der Waals surface area contributed by atoms with Gasteiger partial charge in [-0.15, -0.1) is 0 Å². The van der Waals surface area contributed by atoms with Crippen LogP contribution in [0.25, 0.3) is 33.2 Å². The summed E-state index contributed by atoms with van der Waals surface area (Å²) in [6.45, 7) is 6.73. The van der Waals surface area contributed by atoms with E-state index in [0.29, 0.717) is 28.9 Å². The zero-order valence-corrected chi connectivity index (χ0v) is 24.3. The molecular formula is C31H36ClN9. The number of nitrogens with zero attached hydrogens (tertiary/aromatic N) is 6.